The molecule has 2 heterocycles. The average molecular weight is 393 g/mol. The van der Waals surface area contributed by atoms with Crippen LogP contribution in [0.1, 0.15) is 43.2 Å². The number of carbonyl (C=O) groups excluding carboxylic acids is 2. The summed E-state index contributed by atoms with van der Waals surface area (Å²) in [7, 11) is 5.80. The number of fused-ring (bicyclic) bond motifs is 2. The first-order valence-corrected chi connectivity index (χ1v) is 9.28. The van der Waals surface area contributed by atoms with Gasteiger partial charge in [-0.3, -0.25) is 14.9 Å². The van der Waals surface area contributed by atoms with Crippen LogP contribution in [0.4, 0.5) is 10.3 Å². The van der Waals surface area contributed by atoms with Crippen LogP contribution in [0.25, 0.3) is 0 Å². The Labute approximate surface area is 170 Å². The molecule has 148 valence electrons. The van der Waals surface area contributed by atoms with Crippen molar-refractivity contribution in [2.24, 2.45) is 0 Å². The predicted molar refractivity (Wildman–Crippen MR) is 108 cm³/mol. The summed E-state index contributed by atoms with van der Waals surface area (Å²) in [5.74, 6) is -0.815. The van der Waals surface area contributed by atoms with E-state index in [1.165, 1.54) is 17.3 Å². The Morgan fingerprint density at radius 3 is 2.69 bits per heavy atom. The van der Waals surface area contributed by atoms with Gasteiger partial charge in [-0.05, 0) is 18.1 Å². The van der Waals surface area contributed by atoms with Crippen molar-refractivity contribution >= 4 is 31.1 Å². The van der Waals surface area contributed by atoms with Crippen LogP contribution in [0.3, 0.4) is 0 Å². The fourth-order valence-corrected chi connectivity index (χ4v) is 3.45. The van der Waals surface area contributed by atoms with Gasteiger partial charge in [0.2, 0.25) is 11.9 Å². The number of amides is 2. The van der Waals surface area contributed by atoms with E-state index in [2.05, 4.69) is 15.3 Å². The van der Waals surface area contributed by atoms with Crippen molar-refractivity contribution in [2.75, 3.05) is 18.4 Å². The molecule has 1 unspecified atom stereocenters. The molecule has 2 aromatic rings. The van der Waals surface area contributed by atoms with E-state index in [9.17, 15) is 14.0 Å². The van der Waals surface area contributed by atoms with Crippen LogP contribution in [-0.2, 0) is 10.2 Å². The molecule has 2 amide bonds. The highest BCUT2D eigenvalue weighted by Crippen LogP contribution is 2.54. The second kappa shape index (κ2) is 7.99. The molecule has 0 bridgehead atoms. The van der Waals surface area contributed by atoms with Crippen molar-refractivity contribution in [1.29, 1.82) is 5.26 Å². The number of carbonyl (C=O) groups is 2. The number of nitrogens with zero attached hydrogens (tertiary/aromatic N) is 4. The van der Waals surface area contributed by atoms with Crippen molar-refractivity contribution in [3.8, 4) is 6.07 Å². The zero-order valence-electron chi connectivity index (χ0n) is 16.1. The van der Waals surface area contributed by atoms with Gasteiger partial charge in [0.25, 0.3) is 5.91 Å². The van der Waals surface area contributed by atoms with E-state index in [-0.39, 0.29) is 31.9 Å². The third-order valence-corrected chi connectivity index (χ3v) is 4.92. The number of hydrogen-bond acceptors (Lipinski definition) is 5. The van der Waals surface area contributed by atoms with Crippen LogP contribution in [0.15, 0.2) is 30.6 Å². The fraction of sp³-hybridized carbons (Fsp3) is 0.350. The Morgan fingerprint density at radius 1 is 1.45 bits per heavy atom. The number of hydrogen-bond donors (Lipinski definition) is 1. The van der Waals surface area contributed by atoms with Crippen molar-refractivity contribution < 1.29 is 15.4 Å². The summed E-state index contributed by atoms with van der Waals surface area (Å²) >= 11 is 0. The Balaban J connectivity index is 0.00000104. The highest BCUT2D eigenvalue weighted by atomic mass is 19.1. The monoisotopic (exact) mass is 393 g/mol. The first kappa shape index (κ1) is 20.5. The molecule has 2 atom stereocenters. The molecule has 1 aromatic heterocycles. The van der Waals surface area contributed by atoms with Crippen LogP contribution in [-0.4, -0.2) is 53.8 Å². The van der Waals surface area contributed by atoms with Gasteiger partial charge < -0.3 is 4.90 Å². The zero-order valence-corrected chi connectivity index (χ0v) is 16.1. The Kier molecular flexibility index (Phi) is 5.64. The number of anilines is 1. The molecule has 1 saturated carbocycles. The summed E-state index contributed by atoms with van der Waals surface area (Å²) in [6, 6.07) is 6.69. The normalized spacial score (nSPS) is 21.5. The molecule has 1 aliphatic heterocycles. The molecule has 1 aliphatic carbocycles. The molecule has 7 nitrogen and oxygen atoms in total. The van der Waals surface area contributed by atoms with Crippen molar-refractivity contribution in [2.45, 2.75) is 31.9 Å². The Hall–Kier alpha value is -3.28. The summed E-state index contributed by atoms with van der Waals surface area (Å²) in [5.41, 5.74) is 0.943. The van der Waals surface area contributed by atoms with E-state index >= 15 is 0 Å². The van der Waals surface area contributed by atoms with E-state index in [0.29, 0.717) is 23.0 Å². The first-order valence-electron chi connectivity index (χ1n) is 9.28. The first-order chi connectivity index (χ1) is 13.9. The van der Waals surface area contributed by atoms with Gasteiger partial charge in [0, 0.05) is 18.9 Å². The lowest BCUT2D eigenvalue weighted by Crippen LogP contribution is -2.48. The van der Waals surface area contributed by atoms with Gasteiger partial charge in [0.1, 0.15) is 26.6 Å². The van der Waals surface area contributed by atoms with E-state index in [1.54, 1.807) is 18.2 Å². The third-order valence-electron chi connectivity index (χ3n) is 4.92. The minimum atomic E-state index is -1.07. The summed E-state index contributed by atoms with van der Waals surface area (Å²) in [6.45, 7) is 3.87. The second-order valence-electron chi connectivity index (χ2n) is 6.75. The van der Waals surface area contributed by atoms with Gasteiger partial charge in [-0.1, -0.05) is 31.4 Å². The number of nitriles is 1. The molecule has 1 fully saturated rings. The van der Waals surface area contributed by atoms with Crippen molar-refractivity contribution in [1.82, 2.24) is 14.9 Å². The van der Waals surface area contributed by atoms with Crippen molar-refractivity contribution in [3.63, 3.8) is 0 Å². The van der Waals surface area contributed by atoms with Gasteiger partial charge in [0.05, 0.1) is 18.0 Å². The maximum absolute atomic E-state index is 14.2. The Morgan fingerprint density at radius 2 is 2.10 bits per heavy atom. The number of halogens is 1. The third kappa shape index (κ3) is 3.83. The van der Waals surface area contributed by atoms with E-state index in [1.807, 2.05) is 19.9 Å². The van der Waals surface area contributed by atoms with Gasteiger partial charge in [-0.15, -0.1) is 0 Å². The highest BCUT2D eigenvalue weighted by Gasteiger charge is 2.61. The fourth-order valence-electron chi connectivity index (χ4n) is 3.45. The highest BCUT2D eigenvalue weighted by molar-refractivity contribution is 6.32. The molecule has 2 radical (unpaired) electrons. The summed E-state index contributed by atoms with van der Waals surface area (Å²) in [5, 5.41) is 11.2. The molecule has 1 aromatic carbocycles. The SMILES string of the molecule is CC.[B]c1ccc2c(c1)[C@]1(CC1F)CN(CC(=O)Nc1ncc(C#N)cn1)C2=O.[HH]. The van der Waals surface area contributed by atoms with Gasteiger partial charge in [-0.25, -0.2) is 14.4 Å². The van der Waals surface area contributed by atoms with Gasteiger partial charge >= 0.3 is 0 Å². The maximum atomic E-state index is 14.2. The lowest BCUT2D eigenvalue weighted by atomic mass is 9.82. The summed E-state index contributed by atoms with van der Waals surface area (Å²) < 4.78 is 14.2. The summed E-state index contributed by atoms with van der Waals surface area (Å²) in [4.78, 5) is 34.1. The quantitative estimate of drug-likeness (QED) is 0.797. The lowest BCUT2D eigenvalue weighted by molar-refractivity contribution is -0.117. The lowest BCUT2D eigenvalue weighted by Gasteiger charge is -2.34. The molecule has 4 rings (SSSR count). The zero-order chi connectivity index (χ0) is 21.2. The van der Waals surface area contributed by atoms with E-state index in [0.717, 1.165) is 0 Å². The molecular formula is C20H21BFN5O2. The van der Waals surface area contributed by atoms with Crippen LogP contribution >= 0.6 is 0 Å². The van der Waals surface area contributed by atoms with E-state index < -0.39 is 17.5 Å². The molecule has 1 spiro atoms. The van der Waals surface area contributed by atoms with Gasteiger partial charge in [0.15, 0.2) is 0 Å². The molecule has 9 heteroatoms. The van der Waals surface area contributed by atoms with Crippen LogP contribution in [0.2, 0.25) is 0 Å². The molecule has 1 N–H and O–H groups in total. The standard InChI is InChI=1S/C18H13BFN5O2.C2H6.H2/c19-11-1-2-12-13(3-11)18(4-14(18)20)9-25(16(12)27)8-15(26)24-17-22-6-10(5-21)7-23-17;1-2;/h1-3,6-7,14H,4,8-9H2,(H,22,23,24,26);1-2H3;1H/t14?,18-;;/m0../s1. The topological polar surface area (TPSA) is 99.0 Å². The number of rotatable bonds is 3. The van der Waals surface area contributed by atoms with Crippen LogP contribution < -0.4 is 10.8 Å². The Bertz CT molecular complexity index is 998. The summed E-state index contributed by atoms with van der Waals surface area (Å²) in [6.07, 6.45) is 1.79. The number of alkyl halides is 1. The molecule has 0 saturated heterocycles. The molecular weight excluding hydrogens is 372 g/mol. The van der Waals surface area contributed by atoms with E-state index in [4.69, 9.17) is 13.1 Å². The molecule has 2 aliphatic rings. The average Bonchev–Trinajstić information content (AvgIpc) is 3.37. The number of nitrogens with one attached hydrogen (secondary N) is 1. The maximum Gasteiger partial charge on any atom is 0.254 e. The molecule has 29 heavy (non-hydrogen) atoms. The number of benzene rings is 1. The second-order valence-corrected chi connectivity index (χ2v) is 6.75. The van der Waals surface area contributed by atoms with Crippen LogP contribution in [0.5, 0.6) is 0 Å². The van der Waals surface area contributed by atoms with Crippen LogP contribution in [0, 0.1) is 11.3 Å². The minimum absolute atomic E-state index is 0. The largest absolute Gasteiger partial charge is 0.328 e. The minimum Gasteiger partial charge on any atom is -0.328 e. The number of aromatic nitrogens is 2. The van der Waals surface area contributed by atoms with Crippen molar-refractivity contribution in [3.05, 3.63) is 47.3 Å². The van der Waals surface area contributed by atoms with Gasteiger partial charge in [-0.2, -0.15) is 5.26 Å². The predicted octanol–water partition coefficient (Wildman–Crippen LogP) is 1.49. The smallest absolute Gasteiger partial charge is 0.254 e.